The predicted molar refractivity (Wildman–Crippen MR) is 92.0 cm³/mol. The van der Waals surface area contributed by atoms with Gasteiger partial charge in [0.25, 0.3) is 0 Å². The second kappa shape index (κ2) is 4.92. The maximum Gasteiger partial charge on any atom is 0.123 e. The van der Waals surface area contributed by atoms with Crippen LogP contribution in [0.5, 0.6) is 0 Å². The van der Waals surface area contributed by atoms with Crippen LogP contribution in [0, 0.1) is 17.8 Å². The molecule has 4 fully saturated rings. The molecule has 22 heavy (non-hydrogen) atoms. The molecular formula is C20H23NS. The Morgan fingerprint density at radius 3 is 2.32 bits per heavy atom. The molecule has 0 amide bonds. The lowest BCUT2D eigenvalue weighted by Gasteiger charge is -2.47. The van der Waals surface area contributed by atoms with Gasteiger partial charge in [-0.05, 0) is 49.9 Å². The second-order valence-electron chi connectivity index (χ2n) is 7.94. The standard InChI is InChI=1S/C20H23NS/c1-2-4-17(5-3-1)19-21-18(13-22-19)20-10-14-6-7-15(11-20)9-16(8-14)12-20/h1-5,13-16H,6-12H2/t14-,15-,16?,20?/m0/s1. The number of fused-ring (bicyclic) bond motifs is 1. The van der Waals surface area contributed by atoms with Crippen LogP contribution in [0.15, 0.2) is 35.7 Å². The van der Waals surface area contributed by atoms with Gasteiger partial charge < -0.3 is 0 Å². The summed E-state index contributed by atoms with van der Waals surface area (Å²) in [4.78, 5) is 5.13. The first kappa shape index (κ1) is 13.3. The highest BCUT2D eigenvalue weighted by Crippen LogP contribution is 2.58. The van der Waals surface area contributed by atoms with Crippen LogP contribution >= 0.6 is 11.3 Å². The Balaban J connectivity index is 1.53. The zero-order valence-electron chi connectivity index (χ0n) is 13.0. The SMILES string of the molecule is c1ccc(-c2nc(C34CC5C[C@H](CC[C@@H](C5)C3)C4)cs2)cc1. The molecule has 0 radical (unpaired) electrons. The summed E-state index contributed by atoms with van der Waals surface area (Å²) >= 11 is 1.85. The molecule has 0 saturated heterocycles. The predicted octanol–water partition coefficient (Wildman–Crippen LogP) is 5.67. The van der Waals surface area contributed by atoms with E-state index in [1.807, 2.05) is 11.3 Å². The van der Waals surface area contributed by atoms with Crippen LogP contribution in [0.2, 0.25) is 0 Å². The molecule has 0 unspecified atom stereocenters. The smallest absolute Gasteiger partial charge is 0.123 e. The molecule has 2 aromatic rings. The van der Waals surface area contributed by atoms with Crippen LogP contribution in [-0.2, 0) is 5.41 Å². The van der Waals surface area contributed by atoms with Gasteiger partial charge in [0.05, 0.1) is 5.69 Å². The molecule has 1 heterocycles. The first-order valence-corrected chi connectivity index (χ1v) is 9.70. The molecule has 0 N–H and O–H groups in total. The number of aromatic nitrogens is 1. The monoisotopic (exact) mass is 309 g/mol. The van der Waals surface area contributed by atoms with Gasteiger partial charge in [0.15, 0.2) is 0 Å². The highest BCUT2D eigenvalue weighted by atomic mass is 32.1. The zero-order valence-corrected chi connectivity index (χ0v) is 13.8. The van der Waals surface area contributed by atoms with Gasteiger partial charge in [-0.1, -0.05) is 43.2 Å². The molecular weight excluding hydrogens is 286 g/mol. The minimum Gasteiger partial charge on any atom is -0.241 e. The molecule has 0 aliphatic heterocycles. The molecule has 1 aromatic heterocycles. The lowest BCUT2D eigenvalue weighted by Crippen LogP contribution is -2.41. The summed E-state index contributed by atoms with van der Waals surface area (Å²) in [6.45, 7) is 0. The topological polar surface area (TPSA) is 12.9 Å². The van der Waals surface area contributed by atoms with Crippen LogP contribution in [0.25, 0.3) is 10.6 Å². The summed E-state index contributed by atoms with van der Waals surface area (Å²) in [6, 6.07) is 10.7. The Morgan fingerprint density at radius 1 is 0.909 bits per heavy atom. The van der Waals surface area contributed by atoms with E-state index in [2.05, 4.69) is 35.7 Å². The fourth-order valence-electron chi connectivity index (χ4n) is 5.74. The Hall–Kier alpha value is -1.15. The van der Waals surface area contributed by atoms with E-state index in [0.29, 0.717) is 5.41 Å². The van der Waals surface area contributed by atoms with Crippen molar-refractivity contribution >= 4 is 11.3 Å². The Labute approximate surface area is 136 Å². The number of thiazole rings is 1. The summed E-state index contributed by atoms with van der Waals surface area (Å²) in [5.74, 6) is 2.95. The quantitative estimate of drug-likeness (QED) is 0.696. The third-order valence-electron chi connectivity index (χ3n) is 6.42. The van der Waals surface area contributed by atoms with E-state index in [0.717, 1.165) is 17.8 Å². The zero-order chi connectivity index (χ0) is 14.6. The number of benzene rings is 1. The van der Waals surface area contributed by atoms with Crippen molar-refractivity contribution in [3.63, 3.8) is 0 Å². The number of hydrogen-bond donors (Lipinski definition) is 0. The van der Waals surface area contributed by atoms with Crippen molar-refractivity contribution in [2.24, 2.45) is 17.8 Å². The highest BCUT2D eigenvalue weighted by molar-refractivity contribution is 7.13. The van der Waals surface area contributed by atoms with Crippen LogP contribution in [-0.4, -0.2) is 4.98 Å². The molecule has 2 atom stereocenters. The van der Waals surface area contributed by atoms with Gasteiger partial charge in [-0.25, -0.2) is 4.98 Å². The Kier molecular flexibility index (Phi) is 2.98. The van der Waals surface area contributed by atoms with E-state index in [1.165, 1.54) is 61.2 Å². The van der Waals surface area contributed by atoms with Gasteiger partial charge in [0.2, 0.25) is 0 Å². The third-order valence-corrected chi connectivity index (χ3v) is 7.31. The van der Waals surface area contributed by atoms with E-state index in [4.69, 9.17) is 4.98 Å². The Morgan fingerprint density at radius 2 is 1.59 bits per heavy atom. The maximum atomic E-state index is 5.13. The molecule has 1 nitrogen and oxygen atoms in total. The lowest BCUT2D eigenvalue weighted by atomic mass is 9.57. The van der Waals surface area contributed by atoms with E-state index < -0.39 is 0 Å². The van der Waals surface area contributed by atoms with E-state index in [-0.39, 0.29) is 0 Å². The van der Waals surface area contributed by atoms with Crippen molar-refractivity contribution in [1.82, 2.24) is 4.98 Å². The fourth-order valence-corrected chi connectivity index (χ4v) is 6.68. The lowest BCUT2D eigenvalue weighted by molar-refractivity contribution is 0.0957. The summed E-state index contributed by atoms with van der Waals surface area (Å²) in [6.07, 6.45) is 10.2. The van der Waals surface area contributed by atoms with Gasteiger partial charge in [-0.3, -0.25) is 0 Å². The number of hydrogen-bond acceptors (Lipinski definition) is 2. The summed E-state index contributed by atoms with van der Waals surface area (Å²) < 4.78 is 0. The summed E-state index contributed by atoms with van der Waals surface area (Å²) in [7, 11) is 0. The van der Waals surface area contributed by atoms with Crippen molar-refractivity contribution in [3.8, 4) is 10.6 Å². The minimum absolute atomic E-state index is 0.427. The average Bonchev–Trinajstić information content (AvgIpc) is 2.95. The van der Waals surface area contributed by atoms with Gasteiger partial charge >= 0.3 is 0 Å². The second-order valence-corrected chi connectivity index (χ2v) is 8.80. The van der Waals surface area contributed by atoms with E-state index in [1.54, 1.807) is 0 Å². The van der Waals surface area contributed by atoms with Gasteiger partial charge in [0.1, 0.15) is 5.01 Å². The van der Waals surface area contributed by atoms with Crippen molar-refractivity contribution in [2.75, 3.05) is 0 Å². The molecule has 2 heteroatoms. The molecule has 1 aromatic carbocycles. The normalized spacial score (nSPS) is 36.5. The van der Waals surface area contributed by atoms with E-state index in [9.17, 15) is 0 Å². The van der Waals surface area contributed by atoms with Crippen LogP contribution in [0.1, 0.15) is 50.6 Å². The molecule has 4 aliphatic rings. The van der Waals surface area contributed by atoms with Crippen LogP contribution in [0.4, 0.5) is 0 Å². The van der Waals surface area contributed by atoms with Crippen molar-refractivity contribution in [1.29, 1.82) is 0 Å². The Bertz CT molecular complexity index is 658. The highest BCUT2D eigenvalue weighted by Gasteiger charge is 2.50. The molecule has 6 rings (SSSR count). The van der Waals surface area contributed by atoms with Crippen LogP contribution < -0.4 is 0 Å². The first-order chi connectivity index (χ1) is 10.8. The number of rotatable bonds is 2. The summed E-state index contributed by atoms with van der Waals surface area (Å²) in [5.41, 5.74) is 3.13. The molecule has 114 valence electrons. The fraction of sp³-hybridized carbons (Fsp3) is 0.550. The third kappa shape index (κ3) is 2.07. The van der Waals surface area contributed by atoms with Crippen molar-refractivity contribution in [2.45, 2.75) is 50.4 Å². The van der Waals surface area contributed by atoms with Crippen molar-refractivity contribution in [3.05, 3.63) is 41.4 Å². The van der Waals surface area contributed by atoms with Gasteiger partial charge in [-0.2, -0.15) is 0 Å². The minimum atomic E-state index is 0.427. The molecule has 4 saturated carbocycles. The largest absolute Gasteiger partial charge is 0.241 e. The van der Waals surface area contributed by atoms with Crippen molar-refractivity contribution < 1.29 is 0 Å². The maximum absolute atomic E-state index is 5.13. The molecule has 4 aliphatic carbocycles. The first-order valence-electron chi connectivity index (χ1n) is 8.82. The molecule has 4 bridgehead atoms. The van der Waals surface area contributed by atoms with Gasteiger partial charge in [0, 0.05) is 16.4 Å². The summed E-state index contributed by atoms with van der Waals surface area (Å²) in [5, 5.41) is 3.60. The van der Waals surface area contributed by atoms with Crippen LogP contribution in [0.3, 0.4) is 0 Å². The van der Waals surface area contributed by atoms with E-state index >= 15 is 0 Å². The molecule has 0 spiro atoms. The van der Waals surface area contributed by atoms with Gasteiger partial charge in [-0.15, -0.1) is 11.3 Å². The average molecular weight is 309 g/mol. The number of nitrogens with zero attached hydrogens (tertiary/aromatic N) is 1.